The third-order valence-corrected chi connectivity index (χ3v) is 5.20. The van der Waals surface area contributed by atoms with E-state index in [4.69, 9.17) is 0 Å². The zero-order chi connectivity index (χ0) is 15.6. The smallest absolute Gasteiger partial charge is 0.271 e. The van der Waals surface area contributed by atoms with E-state index >= 15 is 0 Å². The highest BCUT2D eigenvalue weighted by molar-refractivity contribution is 7.20. The fraction of sp³-hybridized carbons (Fsp3) is 0.0625. The van der Waals surface area contributed by atoms with E-state index in [0.29, 0.717) is 12.2 Å². The molecule has 0 saturated heterocycles. The minimum Gasteiger partial charge on any atom is -0.343 e. The van der Waals surface area contributed by atoms with Crippen LogP contribution in [0.4, 0.5) is 0 Å². The maximum atomic E-state index is 12.2. The van der Waals surface area contributed by atoms with Crippen LogP contribution in [0.15, 0.2) is 47.2 Å². The second kappa shape index (κ2) is 5.94. The van der Waals surface area contributed by atoms with E-state index in [2.05, 4.69) is 20.3 Å². The molecule has 7 heteroatoms. The van der Waals surface area contributed by atoms with Gasteiger partial charge in [0, 0.05) is 5.38 Å². The molecule has 0 radical (unpaired) electrons. The van der Waals surface area contributed by atoms with Gasteiger partial charge in [-0.15, -0.1) is 22.7 Å². The van der Waals surface area contributed by atoms with Crippen molar-refractivity contribution in [2.75, 3.05) is 0 Å². The highest BCUT2D eigenvalue weighted by Gasteiger charge is 2.13. The molecule has 0 aliphatic rings. The Morgan fingerprint density at radius 1 is 1.13 bits per heavy atom. The number of imidazole rings is 1. The van der Waals surface area contributed by atoms with Crippen LogP contribution >= 0.6 is 22.7 Å². The number of thiophene rings is 1. The summed E-state index contributed by atoms with van der Waals surface area (Å²) in [6.45, 7) is 0.347. The zero-order valence-electron chi connectivity index (χ0n) is 11.9. The highest BCUT2D eigenvalue weighted by Crippen LogP contribution is 2.27. The molecule has 0 aliphatic heterocycles. The van der Waals surface area contributed by atoms with Gasteiger partial charge in [0.05, 0.1) is 22.5 Å². The number of thiazole rings is 1. The maximum Gasteiger partial charge on any atom is 0.271 e. The highest BCUT2D eigenvalue weighted by atomic mass is 32.1. The van der Waals surface area contributed by atoms with E-state index in [9.17, 15) is 4.79 Å². The Balaban J connectivity index is 1.45. The van der Waals surface area contributed by atoms with Crippen LogP contribution in [0.25, 0.3) is 20.9 Å². The van der Waals surface area contributed by atoms with Crippen LogP contribution in [0, 0.1) is 0 Å². The number of nitrogens with zero attached hydrogens (tertiary/aromatic N) is 2. The Morgan fingerprint density at radius 2 is 2.04 bits per heavy atom. The summed E-state index contributed by atoms with van der Waals surface area (Å²) >= 11 is 3.09. The summed E-state index contributed by atoms with van der Waals surface area (Å²) in [5.41, 5.74) is 2.30. The number of aromatic nitrogens is 3. The first kappa shape index (κ1) is 14.1. The second-order valence-corrected chi connectivity index (χ2v) is 6.70. The Bertz CT molecular complexity index is 922. The van der Waals surface area contributed by atoms with Gasteiger partial charge in [-0.3, -0.25) is 4.79 Å². The van der Waals surface area contributed by atoms with Crippen molar-refractivity contribution in [1.29, 1.82) is 0 Å². The molecule has 1 aromatic carbocycles. The molecule has 3 heterocycles. The van der Waals surface area contributed by atoms with E-state index in [1.54, 1.807) is 16.7 Å². The molecule has 0 spiro atoms. The molecule has 4 rings (SSSR count). The standard InChI is InChI=1S/C16H12N4OS2/c21-15(12-9-23-16(20-12)13-6-3-7-22-13)17-8-14-18-10-4-1-2-5-11(10)19-14/h1-7,9H,8H2,(H,17,21)(H,18,19). The van der Waals surface area contributed by atoms with Gasteiger partial charge in [-0.1, -0.05) is 18.2 Å². The van der Waals surface area contributed by atoms with Crippen molar-refractivity contribution in [2.24, 2.45) is 0 Å². The normalized spacial score (nSPS) is 11.0. The van der Waals surface area contributed by atoms with Crippen LogP contribution < -0.4 is 5.32 Å². The first-order chi connectivity index (χ1) is 11.3. The van der Waals surface area contributed by atoms with Crippen LogP contribution in [0.2, 0.25) is 0 Å². The number of para-hydroxylation sites is 2. The first-order valence-electron chi connectivity index (χ1n) is 7.01. The number of aromatic amines is 1. The van der Waals surface area contributed by atoms with Crippen molar-refractivity contribution in [3.63, 3.8) is 0 Å². The van der Waals surface area contributed by atoms with Gasteiger partial charge in [0.2, 0.25) is 0 Å². The zero-order valence-corrected chi connectivity index (χ0v) is 13.6. The average Bonchev–Trinajstić information content (AvgIpc) is 3.31. The number of amides is 1. The fourth-order valence-corrected chi connectivity index (χ4v) is 3.85. The Morgan fingerprint density at radius 3 is 2.87 bits per heavy atom. The monoisotopic (exact) mass is 340 g/mol. The van der Waals surface area contributed by atoms with Crippen LogP contribution in [0.5, 0.6) is 0 Å². The topological polar surface area (TPSA) is 70.7 Å². The van der Waals surface area contributed by atoms with Crippen molar-refractivity contribution in [3.05, 3.63) is 58.7 Å². The van der Waals surface area contributed by atoms with Gasteiger partial charge in [-0.25, -0.2) is 9.97 Å². The molecular formula is C16H12N4OS2. The maximum absolute atomic E-state index is 12.2. The molecule has 0 saturated carbocycles. The SMILES string of the molecule is O=C(NCc1nc2ccccc2[nH]1)c1csc(-c2cccs2)n1. The molecule has 5 nitrogen and oxygen atoms in total. The Kier molecular flexibility index (Phi) is 3.64. The summed E-state index contributed by atoms with van der Waals surface area (Å²) in [5, 5.41) is 7.50. The van der Waals surface area contributed by atoms with Crippen LogP contribution in [0.1, 0.15) is 16.3 Å². The van der Waals surface area contributed by atoms with Crippen molar-refractivity contribution >= 4 is 39.6 Å². The van der Waals surface area contributed by atoms with Crippen molar-refractivity contribution in [1.82, 2.24) is 20.3 Å². The Hall–Kier alpha value is -2.51. The molecule has 2 N–H and O–H groups in total. The van der Waals surface area contributed by atoms with Gasteiger partial charge in [-0.2, -0.15) is 0 Å². The third-order valence-electron chi connectivity index (χ3n) is 3.32. The average molecular weight is 340 g/mol. The number of nitrogens with one attached hydrogen (secondary N) is 2. The minimum absolute atomic E-state index is 0.190. The molecule has 4 aromatic rings. The number of hydrogen-bond acceptors (Lipinski definition) is 5. The minimum atomic E-state index is -0.190. The Labute approximate surface area is 140 Å². The predicted molar refractivity (Wildman–Crippen MR) is 92.7 cm³/mol. The van der Waals surface area contributed by atoms with Gasteiger partial charge < -0.3 is 10.3 Å². The van der Waals surface area contributed by atoms with Crippen LogP contribution in [0.3, 0.4) is 0 Å². The lowest BCUT2D eigenvalue weighted by molar-refractivity contribution is 0.0946. The lowest BCUT2D eigenvalue weighted by Gasteiger charge is -1.99. The van der Waals surface area contributed by atoms with Gasteiger partial charge in [0.25, 0.3) is 5.91 Å². The lowest BCUT2D eigenvalue weighted by Crippen LogP contribution is -2.23. The summed E-state index contributed by atoms with van der Waals surface area (Å²) < 4.78 is 0. The molecule has 0 aliphatic carbocycles. The summed E-state index contributed by atoms with van der Waals surface area (Å²) in [6.07, 6.45) is 0. The number of carbonyl (C=O) groups is 1. The number of fused-ring (bicyclic) bond motifs is 1. The van der Waals surface area contributed by atoms with Crippen molar-refractivity contribution in [3.8, 4) is 9.88 Å². The summed E-state index contributed by atoms with van der Waals surface area (Å²) in [6, 6.07) is 11.8. The molecule has 1 amide bonds. The van der Waals surface area contributed by atoms with Crippen LogP contribution in [-0.4, -0.2) is 20.9 Å². The number of hydrogen-bond donors (Lipinski definition) is 2. The van der Waals surface area contributed by atoms with E-state index in [1.807, 2.05) is 41.8 Å². The summed E-state index contributed by atoms with van der Waals surface area (Å²) in [5.74, 6) is 0.540. The summed E-state index contributed by atoms with van der Waals surface area (Å²) in [4.78, 5) is 25.3. The number of benzene rings is 1. The molecule has 0 fully saturated rings. The van der Waals surface area contributed by atoms with Crippen molar-refractivity contribution in [2.45, 2.75) is 6.54 Å². The van der Waals surface area contributed by atoms with Gasteiger partial charge in [0.15, 0.2) is 0 Å². The fourth-order valence-electron chi connectivity index (χ4n) is 2.24. The van der Waals surface area contributed by atoms with Crippen LogP contribution in [-0.2, 0) is 6.54 Å². The quantitative estimate of drug-likeness (QED) is 0.595. The molecule has 0 unspecified atom stereocenters. The van der Waals surface area contributed by atoms with E-state index in [0.717, 1.165) is 26.7 Å². The number of rotatable bonds is 4. The van der Waals surface area contributed by atoms with Crippen molar-refractivity contribution < 1.29 is 4.79 Å². The lowest BCUT2D eigenvalue weighted by atomic mass is 10.3. The third kappa shape index (κ3) is 2.88. The van der Waals surface area contributed by atoms with Gasteiger partial charge in [-0.05, 0) is 23.6 Å². The number of H-pyrrole nitrogens is 1. The first-order valence-corrected chi connectivity index (χ1v) is 8.77. The van der Waals surface area contributed by atoms with Gasteiger partial charge in [0.1, 0.15) is 16.5 Å². The van der Waals surface area contributed by atoms with E-state index < -0.39 is 0 Å². The van der Waals surface area contributed by atoms with E-state index in [1.165, 1.54) is 11.3 Å². The molecule has 0 atom stereocenters. The largest absolute Gasteiger partial charge is 0.343 e. The van der Waals surface area contributed by atoms with E-state index in [-0.39, 0.29) is 5.91 Å². The predicted octanol–water partition coefficient (Wildman–Crippen LogP) is 3.68. The molecule has 23 heavy (non-hydrogen) atoms. The number of carbonyl (C=O) groups excluding carboxylic acids is 1. The molecule has 114 valence electrons. The van der Waals surface area contributed by atoms with Gasteiger partial charge >= 0.3 is 0 Å². The summed E-state index contributed by atoms with van der Waals surface area (Å²) in [7, 11) is 0. The second-order valence-electron chi connectivity index (χ2n) is 4.90. The molecule has 3 aromatic heterocycles. The molecular weight excluding hydrogens is 328 g/mol. The molecule has 0 bridgehead atoms.